The number of anilines is 3. The van der Waals surface area contributed by atoms with Gasteiger partial charge in [-0.2, -0.15) is 0 Å². The first-order valence-corrected chi connectivity index (χ1v) is 8.60. The maximum Gasteiger partial charge on any atom is 0.227 e. The molecular weight excluding hydrogens is 324 g/mol. The number of aryl methyl sites for hydroxylation is 1. The fraction of sp³-hybridized carbons (Fsp3) is 0.190. The molecule has 3 aromatic heterocycles. The van der Waals surface area contributed by atoms with Gasteiger partial charge in [-0.15, -0.1) is 0 Å². The molecule has 1 aromatic carbocycles. The SMILES string of the molecule is [2H]C(C)(C)N1[CH]N(c2c(C)ccc3c2oc2ncccc23)c2ncccc21. The van der Waals surface area contributed by atoms with Crippen molar-refractivity contribution < 1.29 is 5.79 Å². The van der Waals surface area contributed by atoms with Crippen LogP contribution in [-0.4, -0.2) is 16.0 Å². The van der Waals surface area contributed by atoms with Crippen LogP contribution >= 0.6 is 0 Å². The highest BCUT2D eigenvalue weighted by Crippen LogP contribution is 2.46. The average Bonchev–Trinajstić information content (AvgIpc) is 3.20. The molecular formula is C21H19N4O. The summed E-state index contributed by atoms with van der Waals surface area (Å²) < 4.78 is 14.7. The van der Waals surface area contributed by atoms with Crippen LogP contribution in [0.15, 0.2) is 53.2 Å². The largest absolute Gasteiger partial charge is 0.435 e. The first kappa shape index (κ1) is 14.1. The molecule has 0 amide bonds. The fourth-order valence-corrected chi connectivity index (χ4v) is 3.57. The van der Waals surface area contributed by atoms with Crippen LogP contribution in [-0.2, 0) is 0 Å². The molecule has 5 nitrogen and oxygen atoms in total. The predicted octanol–water partition coefficient (Wildman–Crippen LogP) is 5.17. The molecule has 0 bridgehead atoms. The Balaban J connectivity index is 1.78. The van der Waals surface area contributed by atoms with Crippen molar-refractivity contribution in [3.63, 3.8) is 0 Å². The molecule has 0 unspecified atom stereocenters. The van der Waals surface area contributed by atoms with E-state index >= 15 is 0 Å². The summed E-state index contributed by atoms with van der Waals surface area (Å²) in [7, 11) is 0. The highest BCUT2D eigenvalue weighted by atomic mass is 16.3. The zero-order valence-electron chi connectivity index (χ0n) is 15.9. The quantitative estimate of drug-likeness (QED) is 0.502. The minimum absolute atomic E-state index is 0.623. The second-order valence-electron chi connectivity index (χ2n) is 6.71. The maximum atomic E-state index is 8.52. The van der Waals surface area contributed by atoms with Gasteiger partial charge in [-0.25, -0.2) is 9.97 Å². The predicted molar refractivity (Wildman–Crippen MR) is 105 cm³/mol. The first-order valence-electron chi connectivity index (χ1n) is 9.10. The van der Waals surface area contributed by atoms with E-state index in [2.05, 4.69) is 29.0 Å². The molecule has 0 saturated heterocycles. The summed E-state index contributed by atoms with van der Waals surface area (Å²) >= 11 is 0. The Kier molecular flexibility index (Phi) is 2.97. The molecule has 1 aliphatic rings. The molecule has 0 saturated carbocycles. The fourth-order valence-electron chi connectivity index (χ4n) is 3.57. The van der Waals surface area contributed by atoms with E-state index in [1.54, 1.807) is 12.4 Å². The molecule has 5 heteroatoms. The number of nitrogens with zero attached hydrogens (tertiary/aromatic N) is 4. The van der Waals surface area contributed by atoms with Gasteiger partial charge in [0.15, 0.2) is 11.4 Å². The smallest absolute Gasteiger partial charge is 0.227 e. The van der Waals surface area contributed by atoms with Gasteiger partial charge in [-0.3, -0.25) is 4.90 Å². The van der Waals surface area contributed by atoms with Gasteiger partial charge in [0, 0.05) is 29.2 Å². The van der Waals surface area contributed by atoms with Gasteiger partial charge in [0.25, 0.3) is 0 Å². The number of pyridine rings is 2. The number of fused-ring (bicyclic) bond motifs is 4. The third-order valence-corrected chi connectivity index (χ3v) is 4.80. The summed E-state index contributed by atoms with van der Waals surface area (Å²) in [6.45, 7) is 7.72. The Morgan fingerprint density at radius 1 is 1.04 bits per heavy atom. The lowest BCUT2D eigenvalue weighted by Gasteiger charge is -2.24. The summed E-state index contributed by atoms with van der Waals surface area (Å²) in [5, 5.41) is 2.01. The number of benzene rings is 1. The first-order chi connectivity index (χ1) is 12.9. The van der Waals surface area contributed by atoms with E-state index in [4.69, 9.17) is 5.79 Å². The number of aromatic nitrogens is 2. The van der Waals surface area contributed by atoms with Crippen molar-refractivity contribution in [1.29, 1.82) is 0 Å². The number of rotatable bonds is 2. The molecule has 26 heavy (non-hydrogen) atoms. The minimum Gasteiger partial charge on any atom is -0.435 e. The molecule has 129 valence electrons. The van der Waals surface area contributed by atoms with Gasteiger partial charge < -0.3 is 9.32 Å². The molecule has 0 atom stereocenters. The summed E-state index contributed by atoms with van der Waals surface area (Å²) in [6, 6.07) is 11.2. The monoisotopic (exact) mass is 344 g/mol. The normalized spacial score (nSPS) is 15.0. The van der Waals surface area contributed by atoms with Crippen LogP contribution in [0.25, 0.3) is 22.1 Å². The van der Waals surface area contributed by atoms with Crippen LogP contribution < -0.4 is 9.80 Å². The highest BCUT2D eigenvalue weighted by Gasteiger charge is 2.33. The van der Waals surface area contributed by atoms with E-state index in [1.807, 2.05) is 54.6 Å². The van der Waals surface area contributed by atoms with E-state index in [9.17, 15) is 0 Å². The zero-order chi connectivity index (χ0) is 18.8. The molecule has 0 N–H and O–H groups in total. The lowest BCUT2D eigenvalue weighted by atomic mass is 10.1. The van der Waals surface area contributed by atoms with Gasteiger partial charge in [0.2, 0.25) is 5.71 Å². The van der Waals surface area contributed by atoms with E-state index < -0.39 is 6.02 Å². The van der Waals surface area contributed by atoms with E-state index in [1.165, 1.54) is 0 Å². The molecule has 5 rings (SSSR count). The van der Waals surface area contributed by atoms with Crippen molar-refractivity contribution in [2.45, 2.75) is 26.8 Å². The van der Waals surface area contributed by atoms with Crippen molar-refractivity contribution >= 4 is 39.3 Å². The van der Waals surface area contributed by atoms with Crippen LogP contribution in [0.4, 0.5) is 17.2 Å². The van der Waals surface area contributed by atoms with Crippen molar-refractivity contribution in [2.75, 3.05) is 9.80 Å². The lowest BCUT2D eigenvalue weighted by molar-refractivity contribution is 0.653. The summed E-state index contributed by atoms with van der Waals surface area (Å²) in [5.74, 6) is 0.793. The van der Waals surface area contributed by atoms with Crippen LogP contribution in [0.2, 0.25) is 0 Å². The van der Waals surface area contributed by atoms with Crippen LogP contribution in [0.1, 0.15) is 20.8 Å². The van der Waals surface area contributed by atoms with E-state index in [0.717, 1.165) is 39.1 Å². The highest BCUT2D eigenvalue weighted by molar-refractivity contribution is 6.09. The molecule has 1 aliphatic heterocycles. The lowest BCUT2D eigenvalue weighted by Crippen LogP contribution is -2.28. The second kappa shape index (κ2) is 5.46. The van der Waals surface area contributed by atoms with Crippen LogP contribution in [0.5, 0.6) is 0 Å². The Bertz CT molecular complexity index is 1180. The Morgan fingerprint density at radius 3 is 2.69 bits per heavy atom. The Morgan fingerprint density at radius 2 is 1.85 bits per heavy atom. The third kappa shape index (κ3) is 2.03. The maximum absolute atomic E-state index is 8.52. The summed E-state index contributed by atoms with van der Waals surface area (Å²) in [5.41, 5.74) is 4.30. The van der Waals surface area contributed by atoms with Crippen molar-refractivity contribution in [3.05, 3.63) is 61.0 Å². The molecule has 0 spiro atoms. The van der Waals surface area contributed by atoms with Gasteiger partial charge >= 0.3 is 0 Å². The van der Waals surface area contributed by atoms with Crippen LogP contribution in [0.3, 0.4) is 0 Å². The summed E-state index contributed by atoms with van der Waals surface area (Å²) in [4.78, 5) is 12.9. The van der Waals surface area contributed by atoms with Crippen molar-refractivity contribution in [2.24, 2.45) is 0 Å². The van der Waals surface area contributed by atoms with Crippen molar-refractivity contribution in [3.8, 4) is 0 Å². The van der Waals surface area contributed by atoms with Gasteiger partial charge in [0.1, 0.15) is 6.67 Å². The second-order valence-corrected chi connectivity index (χ2v) is 6.71. The van der Waals surface area contributed by atoms with Gasteiger partial charge in [0.05, 0.1) is 12.7 Å². The number of furan rings is 1. The zero-order valence-corrected chi connectivity index (χ0v) is 14.9. The molecule has 1 radical (unpaired) electrons. The van der Waals surface area contributed by atoms with Crippen LogP contribution in [0, 0.1) is 13.6 Å². The van der Waals surface area contributed by atoms with Gasteiger partial charge in [-0.1, -0.05) is 12.1 Å². The standard InChI is InChI=1S/C21H19N4O/c1-13(2)24-12-25(20-17(24)7-5-10-22-20)18-14(3)8-9-15-16-6-4-11-23-21(16)26-19(15)18/h4-13H,1-3H3/i13D. The van der Waals surface area contributed by atoms with Gasteiger partial charge in [-0.05, 0) is 50.6 Å². The Hall–Kier alpha value is -3.08. The van der Waals surface area contributed by atoms with Crippen molar-refractivity contribution in [1.82, 2.24) is 9.97 Å². The third-order valence-electron chi connectivity index (χ3n) is 4.80. The van der Waals surface area contributed by atoms with E-state index in [-0.39, 0.29) is 0 Å². The number of hydrogen-bond donors (Lipinski definition) is 0. The summed E-state index contributed by atoms with van der Waals surface area (Å²) in [6.07, 6.45) is 3.51. The molecule has 4 heterocycles. The molecule has 0 fully saturated rings. The minimum atomic E-state index is -0.816. The molecule has 4 aromatic rings. The Labute approximate surface area is 153 Å². The average molecular weight is 344 g/mol. The van der Waals surface area contributed by atoms with E-state index in [0.29, 0.717) is 5.71 Å². The number of hydrogen-bond acceptors (Lipinski definition) is 5. The topological polar surface area (TPSA) is 45.4 Å². The molecule has 0 aliphatic carbocycles.